The molecule has 1 N–H and O–H groups in total. The molecule has 0 bridgehead atoms. The van der Waals surface area contributed by atoms with Gasteiger partial charge >= 0.3 is 0 Å². The van der Waals surface area contributed by atoms with Crippen molar-refractivity contribution in [3.05, 3.63) is 0 Å². The number of nitrogens with one attached hydrogen (secondary N) is 1. The van der Waals surface area contributed by atoms with Crippen LogP contribution in [0.1, 0.15) is 47.0 Å². The number of hydrogen-bond acceptors (Lipinski definition) is 1. The second-order valence-corrected chi connectivity index (χ2v) is 5.20. The summed E-state index contributed by atoms with van der Waals surface area (Å²) in [5.41, 5.74) is 0.0656. The Bertz CT molecular complexity index is 173. The van der Waals surface area contributed by atoms with Crippen LogP contribution in [0.3, 0.4) is 0 Å². The Morgan fingerprint density at radius 1 is 1.29 bits per heavy atom. The molecule has 3 heteroatoms. The van der Waals surface area contributed by atoms with E-state index in [1.807, 2.05) is 0 Å². The Morgan fingerprint density at radius 3 is 2.29 bits per heavy atom. The molecule has 0 aliphatic carbocycles. The van der Waals surface area contributed by atoms with Gasteiger partial charge in [0, 0.05) is 19.1 Å². The largest absolute Gasteiger partial charge is 0.358 e. The van der Waals surface area contributed by atoms with Crippen LogP contribution in [0, 0.1) is 0 Å². The van der Waals surface area contributed by atoms with E-state index in [0.717, 1.165) is 11.7 Å². The molecule has 0 aliphatic heterocycles. The molecule has 0 amide bonds. The number of nitrogens with zero attached hydrogens (tertiary/aromatic N) is 1. The summed E-state index contributed by atoms with van der Waals surface area (Å²) in [7, 11) is 2.05. The second-order valence-electron chi connectivity index (χ2n) is 4.81. The minimum Gasteiger partial charge on any atom is -0.358 e. The maximum absolute atomic E-state index is 5.29. The molecule has 0 unspecified atom stereocenters. The molecule has 0 fully saturated rings. The predicted molar refractivity (Wildman–Crippen MR) is 67.6 cm³/mol. The zero-order chi connectivity index (χ0) is 11.2. The van der Waals surface area contributed by atoms with Gasteiger partial charge in [-0.25, -0.2) is 0 Å². The zero-order valence-corrected chi connectivity index (χ0v) is 11.0. The summed E-state index contributed by atoms with van der Waals surface area (Å²) >= 11 is 5.29. The van der Waals surface area contributed by atoms with Crippen molar-refractivity contribution in [1.82, 2.24) is 10.2 Å². The van der Waals surface area contributed by atoms with Crippen molar-refractivity contribution < 1.29 is 0 Å². The monoisotopic (exact) mass is 216 g/mol. The topological polar surface area (TPSA) is 15.3 Å². The quantitative estimate of drug-likeness (QED) is 0.574. The highest BCUT2D eigenvalue weighted by Gasteiger charge is 2.13. The Kier molecular flexibility index (Phi) is 6.09. The minimum atomic E-state index is 0.0656. The van der Waals surface area contributed by atoms with E-state index in [2.05, 4.69) is 45.0 Å². The molecule has 0 rings (SSSR count). The summed E-state index contributed by atoms with van der Waals surface area (Å²) in [6, 6.07) is 0. The van der Waals surface area contributed by atoms with Crippen molar-refractivity contribution in [3.63, 3.8) is 0 Å². The molecule has 0 radical (unpaired) electrons. The Balaban J connectivity index is 3.77. The maximum atomic E-state index is 5.29. The van der Waals surface area contributed by atoms with Gasteiger partial charge < -0.3 is 10.2 Å². The van der Waals surface area contributed by atoms with Crippen molar-refractivity contribution in [2.24, 2.45) is 0 Å². The van der Waals surface area contributed by atoms with E-state index >= 15 is 0 Å². The van der Waals surface area contributed by atoms with Crippen LogP contribution in [0.4, 0.5) is 0 Å². The Morgan fingerprint density at radius 2 is 1.86 bits per heavy atom. The van der Waals surface area contributed by atoms with Crippen molar-refractivity contribution in [1.29, 1.82) is 0 Å². The molecule has 0 heterocycles. The lowest BCUT2D eigenvalue weighted by molar-refractivity contribution is 0.428. The molecule has 0 aromatic rings. The van der Waals surface area contributed by atoms with Crippen LogP contribution in [0.2, 0.25) is 0 Å². The van der Waals surface area contributed by atoms with Crippen LogP contribution < -0.4 is 5.32 Å². The molecule has 0 aliphatic rings. The summed E-state index contributed by atoms with van der Waals surface area (Å²) in [6.07, 6.45) is 3.76. The fourth-order valence-electron chi connectivity index (χ4n) is 1.12. The van der Waals surface area contributed by atoms with Crippen molar-refractivity contribution in [2.45, 2.75) is 52.5 Å². The van der Waals surface area contributed by atoms with E-state index in [1.165, 1.54) is 19.3 Å². The van der Waals surface area contributed by atoms with Crippen LogP contribution in [-0.2, 0) is 0 Å². The number of thiocarbonyl (C=S) groups is 1. The molecule has 84 valence electrons. The summed E-state index contributed by atoms with van der Waals surface area (Å²) in [6.45, 7) is 9.64. The molecular weight excluding hydrogens is 192 g/mol. The molecule has 0 saturated carbocycles. The third kappa shape index (κ3) is 7.13. The van der Waals surface area contributed by atoms with Crippen LogP contribution in [0.5, 0.6) is 0 Å². The van der Waals surface area contributed by atoms with E-state index in [0.29, 0.717) is 0 Å². The maximum Gasteiger partial charge on any atom is 0.169 e. The zero-order valence-electron chi connectivity index (χ0n) is 10.2. The highest BCUT2D eigenvalue weighted by atomic mass is 32.1. The first-order chi connectivity index (χ1) is 6.37. The smallest absolute Gasteiger partial charge is 0.169 e. The van der Waals surface area contributed by atoms with Gasteiger partial charge in [0.1, 0.15) is 0 Å². The van der Waals surface area contributed by atoms with Crippen LogP contribution in [-0.4, -0.2) is 29.1 Å². The first kappa shape index (κ1) is 13.7. The van der Waals surface area contributed by atoms with E-state index in [1.54, 1.807) is 0 Å². The van der Waals surface area contributed by atoms with Crippen LogP contribution in [0.25, 0.3) is 0 Å². The number of rotatable bonds is 4. The van der Waals surface area contributed by atoms with Gasteiger partial charge in [0.25, 0.3) is 0 Å². The molecular formula is C11H24N2S. The van der Waals surface area contributed by atoms with E-state index in [9.17, 15) is 0 Å². The summed E-state index contributed by atoms with van der Waals surface area (Å²) in [4.78, 5) is 2.12. The lowest BCUT2D eigenvalue weighted by atomic mass is 10.1. The normalized spacial score (nSPS) is 11.2. The van der Waals surface area contributed by atoms with Gasteiger partial charge in [-0.1, -0.05) is 19.8 Å². The third-order valence-electron chi connectivity index (χ3n) is 1.93. The lowest BCUT2D eigenvalue weighted by Gasteiger charge is -2.28. The van der Waals surface area contributed by atoms with E-state index in [4.69, 9.17) is 12.2 Å². The van der Waals surface area contributed by atoms with Crippen molar-refractivity contribution >= 4 is 17.3 Å². The number of hydrogen-bond donors (Lipinski definition) is 1. The standard InChI is InChI=1S/C11H24N2S/c1-6-7-8-9-13(5)10(14)12-11(2,3)4/h6-9H2,1-5H3,(H,12,14). The van der Waals surface area contributed by atoms with Gasteiger partial charge in [-0.2, -0.15) is 0 Å². The van der Waals surface area contributed by atoms with Crippen LogP contribution in [0.15, 0.2) is 0 Å². The van der Waals surface area contributed by atoms with Gasteiger partial charge in [0.2, 0.25) is 0 Å². The number of unbranched alkanes of at least 4 members (excludes halogenated alkanes) is 2. The molecule has 2 nitrogen and oxygen atoms in total. The average molecular weight is 216 g/mol. The minimum absolute atomic E-state index is 0.0656. The highest BCUT2D eigenvalue weighted by Crippen LogP contribution is 2.02. The van der Waals surface area contributed by atoms with Crippen molar-refractivity contribution in [2.75, 3.05) is 13.6 Å². The molecule has 14 heavy (non-hydrogen) atoms. The van der Waals surface area contributed by atoms with Crippen molar-refractivity contribution in [3.8, 4) is 0 Å². The molecule has 0 aromatic carbocycles. The summed E-state index contributed by atoms with van der Waals surface area (Å²) < 4.78 is 0. The van der Waals surface area contributed by atoms with Gasteiger partial charge in [0.15, 0.2) is 5.11 Å². The predicted octanol–water partition coefficient (Wildman–Crippen LogP) is 2.78. The SMILES string of the molecule is CCCCCN(C)C(=S)NC(C)(C)C. The van der Waals surface area contributed by atoms with Gasteiger partial charge in [-0.05, 0) is 39.4 Å². The van der Waals surface area contributed by atoms with E-state index < -0.39 is 0 Å². The van der Waals surface area contributed by atoms with Gasteiger partial charge in [-0.15, -0.1) is 0 Å². The van der Waals surface area contributed by atoms with Crippen LogP contribution >= 0.6 is 12.2 Å². The second kappa shape index (κ2) is 6.23. The average Bonchev–Trinajstić information content (AvgIpc) is 2.01. The molecule has 0 saturated heterocycles. The Labute approximate surface area is 94.1 Å². The fourth-order valence-corrected chi connectivity index (χ4v) is 1.51. The fraction of sp³-hybridized carbons (Fsp3) is 0.909. The van der Waals surface area contributed by atoms with E-state index in [-0.39, 0.29) is 5.54 Å². The third-order valence-corrected chi connectivity index (χ3v) is 2.34. The summed E-state index contributed by atoms with van der Waals surface area (Å²) in [5.74, 6) is 0. The Hall–Kier alpha value is -0.310. The lowest BCUT2D eigenvalue weighted by Crippen LogP contribution is -2.47. The first-order valence-electron chi connectivity index (χ1n) is 5.40. The first-order valence-corrected chi connectivity index (χ1v) is 5.81. The molecule has 0 aromatic heterocycles. The highest BCUT2D eigenvalue weighted by molar-refractivity contribution is 7.80. The molecule has 0 atom stereocenters. The summed E-state index contributed by atoms with van der Waals surface area (Å²) in [5, 5.41) is 4.16. The van der Waals surface area contributed by atoms with Gasteiger partial charge in [-0.3, -0.25) is 0 Å². The molecule has 0 spiro atoms. The van der Waals surface area contributed by atoms with Gasteiger partial charge in [0.05, 0.1) is 0 Å².